The van der Waals surface area contributed by atoms with Gasteiger partial charge >= 0.3 is 0 Å². The molecule has 4 nitrogen and oxygen atoms in total. The average molecular weight is 256 g/mol. The van der Waals surface area contributed by atoms with Gasteiger partial charge in [-0.3, -0.25) is 4.79 Å². The van der Waals surface area contributed by atoms with Crippen molar-refractivity contribution in [2.24, 2.45) is 5.92 Å². The Morgan fingerprint density at radius 3 is 2.82 bits per heavy atom. The van der Waals surface area contributed by atoms with E-state index in [1.54, 1.807) is 6.07 Å². The van der Waals surface area contributed by atoms with Gasteiger partial charge in [-0.15, -0.1) is 0 Å². The summed E-state index contributed by atoms with van der Waals surface area (Å²) in [6.45, 7) is 7.43. The van der Waals surface area contributed by atoms with Crippen molar-refractivity contribution in [3.8, 4) is 0 Å². The van der Waals surface area contributed by atoms with E-state index >= 15 is 0 Å². The second kappa shape index (κ2) is 6.45. The topological polar surface area (TPSA) is 54.0 Å². The van der Waals surface area contributed by atoms with E-state index in [-0.39, 0.29) is 5.91 Å². The summed E-state index contributed by atoms with van der Waals surface area (Å²) in [7, 11) is 0. The molecule has 1 heterocycles. The molecular weight excluding hydrogens is 238 g/mol. The molecule has 0 unspecified atom stereocenters. The zero-order valence-corrected chi connectivity index (χ0v) is 11.1. The van der Waals surface area contributed by atoms with Gasteiger partial charge in [0.05, 0.1) is 10.6 Å². The molecule has 0 bridgehead atoms. The molecule has 17 heavy (non-hydrogen) atoms. The maximum atomic E-state index is 11.9. The molecule has 1 amide bonds. The Morgan fingerprint density at radius 1 is 1.53 bits per heavy atom. The van der Waals surface area contributed by atoms with Gasteiger partial charge in [0, 0.05) is 19.3 Å². The van der Waals surface area contributed by atoms with E-state index in [2.05, 4.69) is 15.6 Å². The van der Waals surface area contributed by atoms with Crippen LogP contribution in [0.25, 0.3) is 0 Å². The third kappa shape index (κ3) is 4.23. The molecule has 0 aliphatic carbocycles. The molecule has 2 N–H and O–H groups in total. The third-order valence-electron chi connectivity index (χ3n) is 2.13. The van der Waals surface area contributed by atoms with Crippen molar-refractivity contribution in [3.63, 3.8) is 0 Å². The number of rotatable bonds is 5. The van der Waals surface area contributed by atoms with Crippen LogP contribution in [0.2, 0.25) is 5.02 Å². The number of nitrogens with one attached hydrogen (secondary N) is 2. The van der Waals surface area contributed by atoms with Crippen molar-refractivity contribution in [3.05, 3.63) is 22.8 Å². The fraction of sp³-hybridized carbons (Fsp3) is 0.500. The number of carbonyl (C=O) groups is 1. The minimum Gasteiger partial charge on any atom is -0.370 e. The predicted octanol–water partition coefficient (Wildman–Crippen LogP) is 2.55. The van der Waals surface area contributed by atoms with Gasteiger partial charge in [-0.25, -0.2) is 4.98 Å². The molecular formula is C12H18ClN3O. The number of hydrogen-bond acceptors (Lipinski definition) is 3. The highest BCUT2D eigenvalue weighted by atomic mass is 35.5. The molecule has 0 aliphatic rings. The Bertz CT molecular complexity index is 393. The number of aromatic nitrogens is 1. The first kappa shape index (κ1) is 13.8. The number of halogens is 1. The average Bonchev–Trinajstić information content (AvgIpc) is 2.29. The fourth-order valence-corrected chi connectivity index (χ4v) is 1.47. The van der Waals surface area contributed by atoms with Crippen LogP contribution in [0.15, 0.2) is 12.3 Å². The maximum Gasteiger partial charge on any atom is 0.252 e. The fourth-order valence-electron chi connectivity index (χ4n) is 1.28. The van der Waals surface area contributed by atoms with Gasteiger partial charge in [-0.1, -0.05) is 25.4 Å². The third-order valence-corrected chi connectivity index (χ3v) is 2.43. The van der Waals surface area contributed by atoms with Gasteiger partial charge in [0.25, 0.3) is 5.91 Å². The lowest BCUT2D eigenvalue weighted by atomic mass is 10.2. The largest absolute Gasteiger partial charge is 0.370 e. The minimum atomic E-state index is -0.162. The smallest absolute Gasteiger partial charge is 0.252 e. The van der Waals surface area contributed by atoms with Crippen LogP contribution in [0, 0.1) is 5.92 Å². The first-order chi connectivity index (χ1) is 8.04. The maximum absolute atomic E-state index is 11.9. The van der Waals surface area contributed by atoms with Crippen LogP contribution in [-0.2, 0) is 0 Å². The normalized spacial score (nSPS) is 10.4. The second-order valence-corrected chi connectivity index (χ2v) is 4.59. The van der Waals surface area contributed by atoms with Crippen molar-refractivity contribution in [1.82, 2.24) is 10.3 Å². The Kier molecular flexibility index (Phi) is 5.22. The van der Waals surface area contributed by atoms with Gasteiger partial charge < -0.3 is 10.6 Å². The molecule has 0 aliphatic heterocycles. The summed E-state index contributed by atoms with van der Waals surface area (Å²) in [5.74, 6) is 0.907. The van der Waals surface area contributed by atoms with E-state index in [1.807, 2.05) is 20.8 Å². The summed E-state index contributed by atoms with van der Waals surface area (Å²) in [4.78, 5) is 16.0. The van der Waals surface area contributed by atoms with Crippen LogP contribution in [0.1, 0.15) is 31.1 Å². The lowest BCUT2D eigenvalue weighted by Crippen LogP contribution is -2.27. The Morgan fingerprint density at radius 2 is 2.24 bits per heavy atom. The molecule has 5 heteroatoms. The number of anilines is 1. The van der Waals surface area contributed by atoms with E-state index in [9.17, 15) is 4.79 Å². The highest BCUT2D eigenvalue weighted by molar-refractivity contribution is 6.33. The Balaban J connectivity index is 2.80. The predicted molar refractivity (Wildman–Crippen MR) is 70.6 cm³/mol. The van der Waals surface area contributed by atoms with Gasteiger partial charge in [0.15, 0.2) is 0 Å². The first-order valence-corrected chi connectivity index (χ1v) is 6.10. The van der Waals surface area contributed by atoms with E-state index in [4.69, 9.17) is 11.6 Å². The molecule has 0 saturated heterocycles. The van der Waals surface area contributed by atoms with Crippen molar-refractivity contribution in [1.29, 1.82) is 0 Å². The zero-order chi connectivity index (χ0) is 12.8. The van der Waals surface area contributed by atoms with Crippen molar-refractivity contribution < 1.29 is 4.79 Å². The van der Waals surface area contributed by atoms with Gasteiger partial charge in [-0.2, -0.15) is 0 Å². The minimum absolute atomic E-state index is 0.162. The number of nitrogens with zero attached hydrogens (tertiary/aromatic N) is 1. The second-order valence-electron chi connectivity index (χ2n) is 4.18. The zero-order valence-electron chi connectivity index (χ0n) is 10.4. The van der Waals surface area contributed by atoms with Crippen LogP contribution in [0.5, 0.6) is 0 Å². The molecule has 1 aromatic heterocycles. The molecule has 0 aromatic carbocycles. The standard InChI is InChI=1S/C12H18ClN3O/c1-4-14-11-5-9(10(13)7-15-11)12(17)16-6-8(2)3/h5,7-8H,4,6H2,1-3H3,(H,14,15)(H,16,17). The monoisotopic (exact) mass is 255 g/mol. The molecule has 0 spiro atoms. The number of hydrogen-bond donors (Lipinski definition) is 2. The molecule has 0 saturated carbocycles. The van der Waals surface area contributed by atoms with Crippen molar-refractivity contribution in [2.75, 3.05) is 18.4 Å². The molecule has 1 rings (SSSR count). The van der Waals surface area contributed by atoms with Crippen molar-refractivity contribution >= 4 is 23.3 Å². The highest BCUT2D eigenvalue weighted by Crippen LogP contribution is 2.17. The number of pyridine rings is 1. The summed E-state index contributed by atoms with van der Waals surface area (Å²) in [6, 6.07) is 1.67. The summed E-state index contributed by atoms with van der Waals surface area (Å²) >= 11 is 5.96. The van der Waals surface area contributed by atoms with Crippen LogP contribution in [0.4, 0.5) is 5.82 Å². The highest BCUT2D eigenvalue weighted by Gasteiger charge is 2.11. The Labute approximate surface area is 107 Å². The van der Waals surface area contributed by atoms with Crippen molar-refractivity contribution in [2.45, 2.75) is 20.8 Å². The van der Waals surface area contributed by atoms with E-state index in [0.717, 1.165) is 6.54 Å². The summed E-state index contributed by atoms with van der Waals surface area (Å²) in [5.41, 5.74) is 0.457. The van der Waals surface area contributed by atoms with E-state index < -0.39 is 0 Å². The quantitative estimate of drug-likeness (QED) is 0.850. The van der Waals surface area contributed by atoms with Crippen LogP contribution in [0.3, 0.4) is 0 Å². The molecule has 0 fully saturated rings. The number of carbonyl (C=O) groups excluding carboxylic acids is 1. The Hall–Kier alpha value is -1.29. The molecule has 0 atom stereocenters. The lowest BCUT2D eigenvalue weighted by Gasteiger charge is -2.10. The van der Waals surface area contributed by atoms with Crippen LogP contribution < -0.4 is 10.6 Å². The molecule has 1 aromatic rings. The first-order valence-electron chi connectivity index (χ1n) is 5.72. The van der Waals surface area contributed by atoms with Crippen LogP contribution in [-0.4, -0.2) is 24.0 Å². The SMILES string of the molecule is CCNc1cc(C(=O)NCC(C)C)c(Cl)cn1. The van der Waals surface area contributed by atoms with Gasteiger partial charge in [0.2, 0.25) is 0 Å². The summed E-state index contributed by atoms with van der Waals surface area (Å²) in [5, 5.41) is 6.24. The van der Waals surface area contributed by atoms with Gasteiger partial charge in [0.1, 0.15) is 5.82 Å². The number of amides is 1. The summed E-state index contributed by atoms with van der Waals surface area (Å²) in [6.07, 6.45) is 1.49. The van der Waals surface area contributed by atoms with E-state index in [1.165, 1.54) is 6.20 Å². The molecule has 94 valence electrons. The molecule has 0 radical (unpaired) electrons. The van der Waals surface area contributed by atoms with E-state index in [0.29, 0.717) is 28.9 Å². The lowest BCUT2D eigenvalue weighted by molar-refractivity contribution is 0.0949. The van der Waals surface area contributed by atoms with Gasteiger partial charge in [-0.05, 0) is 18.9 Å². The summed E-state index contributed by atoms with van der Waals surface area (Å²) < 4.78 is 0. The van der Waals surface area contributed by atoms with Crippen LogP contribution >= 0.6 is 11.6 Å².